The van der Waals surface area contributed by atoms with E-state index in [1.165, 1.54) is 4.90 Å². The Balaban J connectivity index is 1.65. The highest BCUT2D eigenvalue weighted by atomic mass is 16.2. The average Bonchev–Trinajstić information content (AvgIpc) is 2.98. The predicted octanol–water partition coefficient (Wildman–Crippen LogP) is -1.01. The zero-order valence-electron chi connectivity index (χ0n) is 11.8. The lowest BCUT2D eigenvalue weighted by atomic mass is 10.0. The number of hydrogen-bond acceptors (Lipinski definition) is 4. The predicted molar refractivity (Wildman–Crippen MR) is 70.8 cm³/mol. The number of imide groups is 1. The molecule has 20 heavy (non-hydrogen) atoms. The second kappa shape index (κ2) is 4.44. The van der Waals surface area contributed by atoms with Crippen molar-refractivity contribution in [3.63, 3.8) is 0 Å². The van der Waals surface area contributed by atoms with Gasteiger partial charge in [0.2, 0.25) is 5.91 Å². The summed E-state index contributed by atoms with van der Waals surface area (Å²) in [7, 11) is 0. The van der Waals surface area contributed by atoms with Crippen molar-refractivity contribution in [2.45, 2.75) is 19.4 Å². The van der Waals surface area contributed by atoms with Gasteiger partial charge in [-0.1, -0.05) is 0 Å². The third-order valence-corrected chi connectivity index (χ3v) is 4.73. The van der Waals surface area contributed by atoms with Gasteiger partial charge in [-0.05, 0) is 25.7 Å². The summed E-state index contributed by atoms with van der Waals surface area (Å²) in [6.45, 7) is 6.70. The van der Waals surface area contributed by atoms with Crippen molar-refractivity contribution in [2.75, 3.05) is 32.7 Å². The molecule has 3 aliphatic heterocycles. The van der Waals surface area contributed by atoms with Crippen LogP contribution >= 0.6 is 0 Å². The number of likely N-dealkylation sites (tertiary alicyclic amines) is 1. The van der Waals surface area contributed by atoms with Crippen molar-refractivity contribution >= 4 is 17.8 Å². The van der Waals surface area contributed by atoms with Crippen molar-refractivity contribution in [2.24, 2.45) is 11.8 Å². The highest BCUT2D eigenvalue weighted by Crippen LogP contribution is 2.27. The summed E-state index contributed by atoms with van der Waals surface area (Å²) >= 11 is 0. The molecule has 0 radical (unpaired) electrons. The van der Waals surface area contributed by atoms with E-state index in [1.54, 1.807) is 13.8 Å². The lowest BCUT2D eigenvalue weighted by Crippen LogP contribution is -2.49. The lowest BCUT2D eigenvalue weighted by molar-refractivity contribution is -0.133. The van der Waals surface area contributed by atoms with Gasteiger partial charge in [-0.3, -0.25) is 14.9 Å². The first-order valence-electron chi connectivity index (χ1n) is 7.01. The molecule has 0 aromatic heterocycles. The second-order valence-corrected chi connectivity index (χ2v) is 6.38. The molecule has 2 atom stereocenters. The van der Waals surface area contributed by atoms with Gasteiger partial charge in [0.05, 0.1) is 0 Å². The first kappa shape index (κ1) is 13.4. The summed E-state index contributed by atoms with van der Waals surface area (Å²) in [5, 5.41) is 5.59. The number of fused-ring (bicyclic) bond motifs is 1. The number of carbonyl (C=O) groups is 3. The summed E-state index contributed by atoms with van der Waals surface area (Å²) < 4.78 is 0. The largest absolute Gasteiger partial charge is 0.340 e. The number of hydrogen-bond donors (Lipinski definition) is 2. The lowest BCUT2D eigenvalue weighted by Gasteiger charge is -2.29. The summed E-state index contributed by atoms with van der Waals surface area (Å²) in [6, 6.07) is -0.477. The Morgan fingerprint density at radius 1 is 1.25 bits per heavy atom. The Labute approximate surface area is 117 Å². The summed E-state index contributed by atoms with van der Waals surface area (Å²) in [4.78, 5) is 38.9. The second-order valence-electron chi connectivity index (χ2n) is 6.38. The maximum Gasteiger partial charge on any atom is 0.325 e. The summed E-state index contributed by atoms with van der Waals surface area (Å²) in [6.07, 6.45) is 0. The van der Waals surface area contributed by atoms with Gasteiger partial charge < -0.3 is 15.1 Å². The van der Waals surface area contributed by atoms with Gasteiger partial charge in [0, 0.05) is 26.2 Å². The van der Waals surface area contributed by atoms with Crippen LogP contribution in [-0.2, 0) is 9.59 Å². The molecule has 7 nitrogen and oxygen atoms in total. The molecule has 4 amide bonds. The molecule has 0 saturated carbocycles. The van der Waals surface area contributed by atoms with Crippen LogP contribution in [0.1, 0.15) is 13.8 Å². The Bertz CT molecular complexity index is 464. The molecule has 3 heterocycles. The monoisotopic (exact) mass is 280 g/mol. The number of nitrogens with one attached hydrogen (secondary N) is 2. The Morgan fingerprint density at radius 2 is 1.85 bits per heavy atom. The van der Waals surface area contributed by atoms with E-state index in [9.17, 15) is 14.4 Å². The number of urea groups is 1. The van der Waals surface area contributed by atoms with Crippen molar-refractivity contribution in [1.82, 2.24) is 20.4 Å². The van der Waals surface area contributed by atoms with Crippen LogP contribution in [0.15, 0.2) is 0 Å². The molecule has 0 aromatic rings. The van der Waals surface area contributed by atoms with Gasteiger partial charge in [0.15, 0.2) is 0 Å². The quantitative estimate of drug-likeness (QED) is 0.635. The van der Waals surface area contributed by atoms with Crippen molar-refractivity contribution < 1.29 is 14.4 Å². The third kappa shape index (κ3) is 1.96. The molecule has 3 aliphatic rings. The van der Waals surface area contributed by atoms with Gasteiger partial charge in [-0.2, -0.15) is 0 Å². The molecule has 0 bridgehead atoms. The van der Waals surface area contributed by atoms with Crippen LogP contribution in [0.25, 0.3) is 0 Å². The first-order chi connectivity index (χ1) is 9.39. The van der Waals surface area contributed by atoms with Crippen LogP contribution in [0.3, 0.4) is 0 Å². The van der Waals surface area contributed by atoms with Gasteiger partial charge in [-0.15, -0.1) is 0 Å². The maximum atomic E-state index is 12.3. The SMILES string of the molecule is CC1(C)C(=O)NC(=O)N1CC(=O)N1C[C@H]2CNC[C@H]2C1. The van der Waals surface area contributed by atoms with E-state index in [2.05, 4.69) is 10.6 Å². The highest BCUT2D eigenvalue weighted by Gasteiger charge is 2.47. The van der Waals surface area contributed by atoms with Crippen molar-refractivity contribution in [1.29, 1.82) is 0 Å². The van der Waals surface area contributed by atoms with E-state index in [-0.39, 0.29) is 18.4 Å². The molecule has 0 unspecified atom stereocenters. The minimum absolute atomic E-state index is 0.0303. The van der Waals surface area contributed by atoms with Crippen LogP contribution in [0.5, 0.6) is 0 Å². The third-order valence-electron chi connectivity index (χ3n) is 4.73. The molecule has 3 rings (SSSR count). The zero-order valence-corrected chi connectivity index (χ0v) is 11.8. The fourth-order valence-corrected chi connectivity index (χ4v) is 3.26. The van der Waals surface area contributed by atoms with E-state index >= 15 is 0 Å². The number of carbonyl (C=O) groups excluding carboxylic acids is 3. The van der Waals surface area contributed by atoms with Gasteiger partial charge in [0.1, 0.15) is 12.1 Å². The minimum Gasteiger partial charge on any atom is -0.340 e. The molecule has 110 valence electrons. The molecular formula is C13H20N4O3. The Hall–Kier alpha value is -1.63. The first-order valence-corrected chi connectivity index (χ1v) is 7.01. The van der Waals surface area contributed by atoms with E-state index < -0.39 is 11.6 Å². The van der Waals surface area contributed by atoms with E-state index in [0.29, 0.717) is 11.8 Å². The normalized spacial score (nSPS) is 31.7. The Morgan fingerprint density at radius 3 is 2.35 bits per heavy atom. The molecule has 2 N–H and O–H groups in total. The van der Waals surface area contributed by atoms with Crippen LogP contribution in [-0.4, -0.2) is 65.9 Å². The Kier molecular flexibility index (Phi) is 2.97. The van der Waals surface area contributed by atoms with E-state index in [1.807, 2.05) is 4.90 Å². The van der Waals surface area contributed by atoms with Crippen LogP contribution in [0, 0.1) is 11.8 Å². The van der Waals surface area contributed by atoms with Gasteiger partial charge in [0.25, 0.3) is 5.91 Å². The molecule has 3 fully saturated rings. The fraction of sp³-hybridized carbons (Fsp3) is 0.769. The summed E-state index contributed by atoms with van der Waals surface area (Å²) in [5.74, 6) is 0.636. The molecule has 0 spiro atoms. The van der Waals surface area contributed by atoms with Gasteiger partial charge in [-0.25, -0.2) is 4.79 Å². The van der Waals surface area contributed by atoms with Crippen molar-refractivity contribution in [3.05, 3.63) is 0 Å². The topological polar surface area (TPSA) is 81.8 Å². The minimum atomic E-state index is -0.954. The van der Waals surface area contributed by atoms with Crippen LogP contribution in [0.2, 0.25) is 0 Å². The highest BCUT2D eigenvalue weighted by molar-refractivity contribution is 6.07. The number of rotatable bonds is 2. The van der Waals surface area contributed by atoms with E-state index in [0.717, 1.165) is 26.2 Å². The fourth-order valence-electron chi connectivity index (χ4n) is 3.26. The van der Waals surface area contributed by atoms with Crippen molar-refractivity contribution in [3.8, 4) is 0 Å². The standard InChI is InChI=1S/C13H20N4O3/c1-13(2)11(19)15-12(20)17(13)7-10(18)16-5-8-3-14-4-9(8)6-16/h8-9,14H,3-7H2,1-2H3,(H,15,19,20)/t8-,9+. The van der Waals surface area contributed by atoms with Crippen LogP contribution in [0.4, 0.5) is 4.79 Å². The smallest absolute Gasteiger partial charge is 0.325 e. The maximum absolute atomic E-state index is 12.3. The number of amides is 4. The molecule has 7 heteroatoms. The summed E-state index contributed by atoms with van der Waals surface area (Å²) in [5.41, 5.74) is -0.954. The van der Waals surface area contributed by atoms with Gasteiger partial charge >= 0.3 is 6.03 Å². The molecule has 0 aliphatic carbocycles. The zero-order chi connectivity index (χ0) is 14.5. The van der Waals surface area contributed by atoms with Crippen LogP contribution < -0.4 is 10.6 Å². The number of nitrogens with zero attached hydrogens (tertiary/aromatic N) is 2. The average molecular weight is 280 g/mol. The van der Waals surface area contributed by atoms with E-state index in [4.69, 9.17) is 0 Å². The molecule has 0 aromatic carbocycles. The molecular weight excluding hydrogens is 260 g/mol. The molecule has 3 saturated heterocycles.